The van der Waals surface area contributed by atoms with Crippen molar-refractivity contribution in [3.05, 3.63) is 35.0 Å². The molecule has 0 aliphatic heterocycles. The van der Waals surface area contributed by atoms with Gasteiger partial charge in [0, 0.05) is 24.9 Å². The number of hydrogen-bond donors (Lipinski definition) is 4. The van der Waals surface area contributed by atoms with Crippen molar-refractivity contribution < 1.29 is 9.84 Å². The van der Waals surface area contributed by atoms with E-state index in [9.17, 15) is 5.11 Å². The highest BCUT2D eigenvalue weighted by Gasteiger charge is 2.20. The van der Waals surface area contributed by atoms with Crippen molar-refractivity contribution >= 4 is 23.7 Å². The molecule has 0 spiro atoms. The maximum atomic E-state index is 9.67. The lowest BCUT2D eigenvalue weighted by molar-refractivity contribution is 0.266. The number of benzene rings is 1. The molecule has 2 aromatic rings. The Morgan fingerprint density at radius 1 is 1.32 bits per heavy atom. The predicted molar refractivity (Wildman–Crippen MR) is 127 cm³/mol. The van der Waals surface area contributed by atoms with Crippen LogP contribution in [0.3, 0.4) is 0 Å². The maximum absolute atomic E-state index is 9.67. The van der Waals surface area contributed by atoms with Crippen LogP contribution in [0.4, 0.5) is 17.5 Å². The second-order valence-corrected chi connectivity index (χ2v) is 7.43. The van der Waals surface area contributed by atoms with E-state index in [0.29, 0.717) is 30.3 Å². The van der Waals surface area contributed by atoms with E-state index in [1.807, 2.05) is 37.1 Å². The fourth-order valence-corrected chi connectivity index (χ4v) is 3.24. The number of aliphatic hydroxyl groups is 1. The standard InChI is InChI=1S/C22H35N7O2/c1-5-6-9-29(15(2)14-30)21-20(23)18(27-22(24)28-21)13-26-12-17-8-7-16(11-25-3)10-19(17)31-4/h7-8,10,13,15,25,30H,5-6,9,11-12,14,23H2,1-4H3,(H2,24,27,28). The number of nitrogens with two attached hydrogens (primary N) is 2. The van der Waals surface area contributed by atoms with Crippen LogP contribution in [0.25, 0.3) is 0 Å². The van der Waals surface area contributed by atoms with Crippen LogP contribution in [0.1, 0.15) is 43.5 Å². The third kappa shape index (κ3) is 6.53. The Kier molecular flexibility index (Phi) is 9.48. The first-order chi connectivity index (χ1) is 14.9. The number of ether oxygens (including phenoxy) is 1. The van der Waals surface area contributed by atoms with E-state index in [1.54, 1.807) is 13.3 Å². The van der Waals surface area contributed by atoms with Crippen LogP contribution in [-0.2, 0) is 13.1 Å². The molecule has 0 aliphatic rings. The molecule has 0 aliphatic carbocycles. The largest absolute Gasteiger partial charge is 0.496 e. The molecule has 0 saturated heterocycles. The number of anilines is 3. The number of aliphatic hydroxyl groups excluding tert-OH is 1. The zero-order valence-electron chi connectivity index (χ0n) is 18.9. The van der Waals surface area contributed by atoms with Gasteiger partial charge in [-0.2, -0.15) is 4.98 Å². The molecule has 0 radical (unpaired) electrons. The number of nitrogens with zero attached hydrogens (tertiary/aromatic N) is 4. The molecule has 1 unspecified atom stereocenters. The zero-order chi connectivity index (χ0) is 22.8. The van der Waals surface area contributed by atoms with Crippen molar-refractivity contribution in [2.24, 2.45) is 4.99 Å². The van der Waals surface area contributed by atoms with Gasteiger partial charge in [-0.25, -0.2) is 4.98 Å². The van der Waals surface area contributed by atoms with Crippen LogP contribution in [0.15, 0.2) is 23.2 Å². The lowest BCUT2D eigenvalue weighted by Crippen LogP contribution is -2.38. The van der Waals surface area contributed by atoms with Gasteiger partial charge >= 0.3 is 0 Å². The molecule has 0 saturated carbocycles. The van der Waals surface area contributed by atoms with Gasteiger partial charge < -0.3 is 31.5 Å². The van der Waals surface area contributed by atoms with Gasteiger partial charge in [-0.3, -0.25) is 4.99 Å². The number of hydrogen-bond acceptors (Lipinski definition) is 9. The maximum Gasteiger partial charge on any atom is 0.222 e. The summed E-state index contributed by atoms with van der Waals surface area (Å²) in [6, 6.07) is 5.90. The van der Waals surface area contributed by atoms with Crippen molar-refractivity contribution in [3.8, 4) is 5.75 Å². The van der Waals surface area contributed by atoms with E-state index in [1.165, 1.54) is 0 Å². The Morgan fingerprint density at radius 2 is 2.10 bits per heavy atom. The summed E-state index contributed by atoms with van der Waals surface area (Å²) < 4.78 is 5.50. The molecule has 1 heterocycles. The summed E-state index contributed by atoms with van der Waals surface area (Å²) in [5.41, 5.74) is 15.3. The van der Waals surface area contributed by atoms with Crippen LogP contribution >= 0.6 is 0 Å². The van der Waals surface area contributed by atoms with Gasteiger partial charge in [-0.05, 0) is 32.0 Å². The summed E-state index contributed by atoms with van der Waals surface area (Å²) in [4.78, 5) is 15.1. The Bertz CT molecular complexity index is 873. The first-order valence-corrected chi connectivity index (χ1v) is 10.6. The molecule has 0 fully saturated rings. The van der Waals surface area contributed by atoms with Crippen molar-refractivity contribution in [1.29, 1.82) is 0 Å². The lowest BCUT2D eigenvalue weighted by Gasteiger charge is -2.30. The number of nitrogen functional groups attached to an aromatic ring is 2. The lowest BCUT2D eigenvalue weighted by atomic mass is 10.1. The van der Waals surface area contributed by atoms with Crippen LogP contribution in [0, 0.1) is 0 Å². The van der Waals surface area contributed by atoms with Gasteiger partial charge in [0.15, 0.2) is 5.82 Å². The molecule has 6 N–H and O–H groups in total. The summed E-state index contributed by atoms with van der Waals surface area (Å²) >= 11 is 0. The Labute approximate surface area is 184 Å². The molecule has 0 bridgehead atoms. The summed E-state index contributed by atoms with van der Waals surface area (Å²) in [5.74, 6) is 1.42. The molecule has 1 aromatic carbocycles. The number of aliphatic imine (C=N–C) groups is 1. The second kappa shape index (κ2) is 12.1. The minimum Gasteiger partial charge on any atom is -0.496 e. The van der Waals surface area contributed by atoms with Crippen molar-refractivity contribution in [1.82, 2.24) is 15.3 Å². The normalized spacial score (nSPS) is 12.3. The number of unbranched alkanes of at least 4 members (excludes halogenated alkanes) is 1. The molecule has 9 nitrogen and oxygen atoms in total. The highest BCUT2D eigenvalue weighted by molar-refractivity contribution is 5.89. The van der Waals surface area contributed by atoms with E-state index in [-0.39, 0.29) is 18.6 Å². The molecular formula is C22H35N7O2. The van der Waals surface area contributed by atoms with Crippen LogP contribution in [0.5, 0.6) is 5.75 Å². The number of rotatable bonds is 12. The fraction of sp³-hybridized carbons (Fsp3) is 0.500. The molecule has 1 aromatic heterocycles. The molecule has 9 heteroatoms. The molecule has 31 heavy (non-hydrogen) atoms. The molecular weight excluding hydrogens is 394 g/mol. The predicted octanol–water partition coefficient (Wildman–Crippen LogP) is 1.98. The quantitative estimate of drug-likeness (QED) is 0.376. The first kappa shape index (κ1) is 24.4. The highest BCUT2D eigenvalue weighted by Crippen LogP contribution is 2.26. The van der Waals surface area contributed by atoms with Crippen LogP contribution in [0.2, 0.25) is 0 Å². The summed E-state index contributed by atoms with van der Waals surface area (Å²) in [5, 5.41) is 12.8. The van der Waals surface area contributed by atoms with E-state index >= 15 is 0 Å². The smallest absolute Gasteiger partial charge is 0.222 e. The minimum absolute atomic E-state index is 0.0141. The van der Waals surface area contributed by atoms with Crippen molar-refractivity contribution in [2.75, 3.05) is 43.7 Å². The van der Waals surface area contributed by atoms with Gasteiger partial charge in [-0.1, -0.05) is 25.5 Å². The third-order valence-electron chi connectivity index (χ3n) is 5.00. The Morgan fingerprint density at radius 3 is 2.74 bits per heavy atom. The average Bonchev–Trinajstić information content (AvgIpc) is 2.77. The minimum atomic E-state index is -0.145. The van der Waals surface area contributed by atoms with E-state index in [2.05, 4.69) is 27.2 Å². The third-order valence-corrected chi connectivity index (χ3v) is 5.00. The topological polar surface area (TPSA) is 135 Å². The van der Waals surface area contributed by atoms with E-state index < -0.39 is 0 Å². The summed E-state index contributed by atoms with van der Waals surface area (Å²) in [7, 11) is 3.55. The van der Waals surface area contributed by atoms with Gasteiger partial charge in [0.1, 0.15) is 17.1 Å². The number of nitrogens with one attached hydrogen (secondary N) is 1. The highest BCUT2D eigenvalue weighted by atomic mass is 16.5. The molecule has 1 atom stereocenters. The monoisotopic (exact) mass is 429 g/mol. The number of aromatic nitrogens is 2. The van der Waals surface area contributed by atoms with Crippen molar-refractivity contribution in [2.45, 2.75) is 45.8 Å². The van der Waals surface area contributed by atoms with Crippen LogP contribution < -0.4 is 26.4 Å². The zero-order valence-corrected chi connectivity index (χ0v) is 18.9. The van der Waals surface area contributed by atoms with Gasteiger partial charge in [0.25, 0.3) is 0 Å². The summed E-state index contributed by atoms with van der Waals surface area (Å²) in [6.45, 7) is 5.91. The number of methoxy groups -OCH3 is 1. The van der Waals surface area contributed by atoms with Gasteiger partial charge in [0.2, 0.25) is 5.95 Å². The van der Waals surface area contributed by atoms with Gasteiger partial charge in [-0.15, -0.1) is 0 Å². The average molecular weight is 430 g/mol. The Balaban J connectivity index is 2.28. The van der Waals surface area contributed by atoms with Crippen molar-refractivity contribution in [3.63, 3.8) is 0 Å². The molecule has 0 amide bonds. The Hall–Kier alpha value is -2.91. The second-order valence-electron chi connectivity index (χ2n) is 7.43. The van der Waals surface area contributed by atoms with E-state index in [4.69, 9.17) is 16.2 Å². The molecule has 2 rings (SSSR count). The van der Waals surface area contributed by atoms with Gasteiger partial charge in [0.05, 0.1) is 26.3 Å². The van der Waals surface area contributed by atoms with E-state index in [0.717, 1.165) is 36.3 Å². The SMILES string of the molecule is CCCCN(c1nc(N)nc(C=NCc2ccc(CNC)cc2OC)c1N)C(C)CO. The summed E-state index contributed by atoms with van der Waals surface area (Å²) in [6.07, 6.45) is 3.57. The molecule has 170 valence electrons. The van der Waals surface area contributed by atoms with Crippen LogP contribution in [-0.4, -0.2) is 54.6 Å². The fourth-order valence-electron chi connectivity index (χ4n) is 3.24. The first-order valence-electron chi connectivity index (χ1n) is 10.6.